The average Bonchev–Trinajstić information content (AvgIpc) is 2.93. The van der Waals surface area contributed by atoms with E-state index in [0.717, 1.165) is 23.9 Å². The summed E-state index contributed by atoms with van der Waals surface area (Å²) in [5.41, 5.74) is 2.07. The first-order chi connectivity index (χ1) is 11.2. The van der Waals surface area contributed by atoms with E-state index in [2.05, 4.69) is 26.3 Å². The first kappa shape index (κ1) is 16.0. The van der Waals surface area contributed by atoms with Crippen molar-refractivity contribution in [3.63, 3.8) is 0 Å². The number of imidazole rings is 1. The molecule has 0 bridgehead atoms. The number of benzene rings is 1. The van der Waals surface area contributed by atoms with Gasteiger partial charge in [-0.15, -0.1) is 0 Å². The molecule has 1 aliphatic carbocycles. The number of hydrogen-bond donors (Lipinski definition) is 2. The summed E-state index contributed by atoms with van der Waals surface area (Å²) >= 11 is 0. The largest absolute Gasteiger partial charge is 0.319 e. The fourth-order valence-electron chi connectivity index (χ4n) is 3.47. The number of rotatable bonds is 5. The number of hydrogen-bond acceptors (Lipinski definition) is 3. The molecule has 0 saturated heterocycles. The molecule has 0 radical (unpaired) electrons. The molecule has 23 heavy (non-hydrogen) atoms. The lowest BCUT2D eigenvalue weighted by Gasteiger charge is -2.25. The van der Waals surface area contributed by atoms with E-state index in [0.29, 0.717) is 18.5 Å². The molecular formula is C18H26N4O. The molecule has 2 aromatic rings. The van der Waals surface area contributed by atoms with E-state index >= 15 is 0 Å². The molecule has 5 nitrogen and oxygen atoms in total. The zero-order valence-corrected chi connectivity index (χ0v) is 14.0. The van der Waals surface area contributed by atoms with Crippen molar-refractivity contribution in [2.24, 2.45) is 5.92 Å². The number of amides is 1. The summed E-state index contributed by atoms with van der Waals surface area (Å²) < 4.78 is 2.25. The summed E-state index contributed by atoms with van der Waals surface area (Å²) in [4.78, 5) is 17.1. The molecule has 1 unspecified atom stereocenters. The van der Waals surface area contributed by atoms with Gasteiger partial charge in [-0.1, -0.05) is 38.3 Å². The van der Waals surface area contributed by atoms with Crippen molar-refractivity contribution >= 4 is 22.9 Å². The molecule has 3 rings (SSSR count). The maximum Gasteiger partial charge on any atom is 0.230 e. The SMILES string of the molecule is CNCC(C)C(=O)Nc1nc2ccccc2n1C1CCCCC1. The minimum absolute atomic E-state index is 0.0201. The first-order valence-corrected chi connectivity index (χ1v) is 8.63. The fourth-order valence-corrected chi connectivity index (χ4v) is 3.47. The van der Waals surface area contributed by atoms with Gasteiger partial charge in [0.1, 0.15) is 0 Å². The van der Waals surface area contributed by atoms with Gasteiger partial charge in [-0.3, -0.25) is 10.1 Å². The molecule has 1 atom stereocenters. The standard InChI is InChI=1S/C18H26N4O/c1-13(12-19-2)17(23)21-18-20-15-10-6-7-11-16(15)22(18)14-8-4-3-5-9-14/h6-7,10-11,13-14,19H,3-5,8-9,12H2,1-2H3,(H,20,21,23). The number of aromatic nitrogens is 2. The summed E-state index contributed by atoms with van der Waals surface area (Å²) in [5.74, 6) is 0.636. The van der Waals surface area contributed by atoms with Crippen LogP contribution in [0.3, 0.4) is 0 Å². The number of fused-ring (bicyclic) bond motifs is 1. The molecule has 5 heteroatoms. The van der Waals surface area contributed by atoms with Crippen LogP contribution >= 0.6 is 0 Å². The highest BCUT2D eigenvalue weighted by Gasteiger charge is 2.23. The fraction of sp³-hybridized carbons (Fsp3) is 0.556. The summed E-state index contributed by atoms with van der Waals surface area (Å²) in [7, 11) is 1.86. The Morgan fingerprint density at radius 2 is 2.04 bits per heavy atom. The average molecular weight is 314 g/mol. The monoisotopic (exact) mass is 314 g/mol. The van der Waals surface area contributed by atoms with Crippen molar-refractivity contribution in [2.75, 3.05) is 18.9 Å². The van der Waals surface area contributed by atoms with Crippen molar-refractivity contribution in [1.29, 1.82) is 0 Å². The van der Waals surface area contributed by atoms with Gasteiger partial charge in [-0.2, -0.15) is 0 Å². The Bertz CT molecular complexity index is 673. The molecule has 1 fully saturated rings. The molecule has 1 aromatic carbocycles. The third kappa shape index (κ3) is 3.39. The summed E-state index contributed by atoms with van der Waals surface area (Å²) in [6.45, 7) is 2.59. The van der Waals surface area contributed by atoms with Gasteiger partial charge in [0.2, 0.25) is 11.9 Å². The lowest BCUT2D eigenvalue weighted by Crippen LogP contribution is -2.30. The normalized spacial score (nSPS) is 17.3. The molecule has 124 valence electrons. The Labute approximate surface area is 137 Å². The minimum Gasteiger partial charge on any atom is -0.319 e. The van der Waals surface area contributed by atoms with Crippen molar-refractivity contribution in [2.45, 2.75) is 45.1 Å². The molecule has 0 spiro atoms. The lowest BCUT2D eigenvalue weighted by molar-refractivity contribution is -0.119. The second kappa shape index (κ2) is 7.13. The highest BCUT2D eigenvalue weighted by molar-refractivity contribution is 5.93. The number of carbonyl (C=O) groups excluding carboxylic acids is 1. The number of para-hydroxylation sites is 2. The van der Waals surface area contributed by atoms with E-state index in [1.54, 1.807) is 0 Å². The highest BCUT2D eigenvalue weighted by Crippen LogP contribution is 2.34. The van der Waals surface area contributed by atoms with Crippen LogP contribution in [0.5, 0.6) is 0 Å². The molecule has 1 heterocycles. The molecule has 1 aliphatic rings. The van der Waals surface area contributed by atoms with Gasteiger partial charge in [0.15, 0.2) is 0 Å². The Hall–Kier alpha value is -1.88. The minimum atomic E-state index is -0.0837. The molecule has 0 aliphatic heterocycles. The third-order valence-electron chi connectivity index (χ3n) is 4.73. The van der Waals surface area contributed by atoms with Crippen LogP contribution in [0.4, 0.5) is 5.95 Å². The van der Waals surface area contributed by atoms with Gasteiger partial charge in [0, 0.05) is 18.5 Å². The van der Waals surface area contributed by atoms with E-state index in [9.17, 15) is 4.79 Å². The van der Waals surface area contributed by atoms with E-state index in [1.807, 2.05) is 32.2 Å². The number of nitrogens with zero attached hydrogens (tertiary/aromatic N) is 2. The number of anilines is 1. The molecule has 1 saturated carbocycles. The van der Waals surface area contributed by atoms with E-state index in [1.165, 1.54) is 19.3 Å². The smallest absolute Gasteiger partial charge is 0.230 e. The second-order valence-electron chi connectivity index (χ2n) is 6.53. The van der Waals surface area contributed by atoms with Gasteiger partial charge in [-0.25, -0.2) is 4.98 Å². The lowest BCUT2D eigenvalue weighted by atomic mass is 9.95. The first-order valence-electron chi connectivity index (χ1n) is 8.63. The van der Waals surface area contributed by atoms with Gasteiger partial charge in [0.25, 0.3) is 0 Å². The van der Waals surface area contributed by atoms with E-state index in [-0.39, 0.29) is 11.8 Å². The van der Waals surface area contributed by atoms with Crippen molar-refractivity contribution in [1.82, 2.24) is 14.9 Å². The number of nitrogens with one attached hydrogen (secondary N) is 2. The van der Waals surface area contributed by atoms with Crippen molar-refractivity contribution in [3.05, 3.63) is 24.3 Å². The Morgan fingerprint density at radius 1 is 1.30 bits per heavy atom. The molecule has 2 N–H and O–H groups in total. The maximum atomic E-state index is 12.4. The van der Waals surface area contributed by atoms with Gasteiger partial charge in [0.05, 0.1) is 11.0 Å². The quantitative estimate of drug-likeness (QED) is 0.890. The predicted molar refractivity (Wildman–Crippen MR) is 93.6 cm³/mol. The summed E-state index contributed by atoms with van der Waals surface area (Å²) in [6, 6.07) is 8.59. The van der Waals surface area contributed by atoms with E-state index in [4.69, 9.17) is 0 Å². The third-order valence-corrected chi connectivity index (χ3v) is 4.73. The van der Waals surface area contributed by atoms with Crippen LogP contribution in [0, 0.1) is 5.92 Å². The van der Waals surface area contributed by atoms with Gasteiger partial charge < -0.3 is 9.88 Å². The van der Waals surface area contributed by atoms with Crippen LogP contribution in [-0.2, 0) is 4.79 Å². The Kier molecular flexibility index (Phi) is 4.96. The van der Waals surface area contributed by atoms with Crippen LogP contribution in [0.25, 0.3) is 11.0 Å². The molecule has 1 amide bonds. The van der Waals surface area contributed by atoms with Crippen LogP contribution in [-0.4, -0.2) is 29.1 Å². The molecular weight excluding hydrogens is 288 g/mol. The van der Waals surface area contributed by atoms with Crippen molar-refractivity contribution < 1.29 is 4.79 Å². The van der Waals surface area contributed by atoms with Crippen LogP contribution < -0.4 is 10.6 Å². The van der Waals surface area contributed by atoms with Crippen molar-refractivity contribution in [3.8, 4) is 0 Å². The van der Waals surface area contributed by atoms with Gasteiger partial charge >= 0.3 is 0 Å². The Balaban J connectivity index is 1.93. The predicted octanol–water partition coefficient (Wildman–Crippen LogP) is 3.34. The van der Waals surface area contributed by atoms with Crippen LogP contribution in [0.1, 0.15) is 45.1 Å². The zero-order valence-electron chi connectivity index (χ0n) is 14.0. The van der Waals surface area contributed by atoms with Crippen LogP contribution in [0.15, 0.2) is 24.3 Å². The number of carbonyl (C=O) groups is 1. The highest BCUT2D eigenvalue weighted by atomic mass is 16.2. The Morgan fingerprint density at radius 3 is 2.78 bits per heavy atom. The zero-order chi connectivity index (χ0) is 16.2. The van der Waals surface area contributed by atoms with Crippen LogP contribution in [0.2, 0.25) is 0 Å². The summed E-state index contributed by atoms with van der Waals surface area (Å²) in [6.07, 6.45) is 6.13. The maximum absolute atomic E-state index is 12.4. The topological polar surface area (TPSA) is 59.0 Å². The molecule has 1 aromatic heterocycles. The summed E-state index contributed by atoms with van der Waals surface area (Å²) in [5, 5.41) is 6.11. The van der Waals surface area contributed by atoms with Gasteiger partial charge in [-0.05, 0) is 32.0 Å². The second-order valence-corrected chi connectivity index (χ2v) is 6.53. The van der Waals surface area contributed by atoms with E-state index < -0.39 is 0 Å².